The van der Waals surface area contributed by atoms with Crippen molar-refractivity contribution in [2.24, 2.45) is 0 Å². The van der Waals surface area contributed by atoms with Gasteiger partial charge < -0.3 is 13.6 Å². The number of thiophene rings is 1. The Balaban J connectivity index is 1.87. The summed E-state index contributed by atoms with van der Waals surface area (Å²) >= 11 is 1.73. The number of carbonyl (C=O) groups excluding carboxylic acids is 1. The zero-order chi connectivity index (χ0) is 25.3. The molecule has 0 radical (unpaired) electrons. The largest absolute Gasteiger partial charge is 0.457 e. The summed E-state index contributed by atoms with van der Waals surface area (Å²) in [6.45, 7) is 22.3. The molecule has 0 amide bonds. The molecular formula is C27H40O4SSi2. The van der Waals surface area contributed by atoms with Gasteiger partial charge >= 0.3 is 5.97 Å². The van der Waals surface area contributed by atoms with Crippen LogP contribution in [0.2, 0.25) is 36.3 Å². The molecular weight excluding hydrogens is 477 g/mol. The lowest BCUT2D eigenvalue weighted by atomic mass is 9.83. The summed E-state index contributed by atoms with van der Waals surface area (Å²) in [7, 11) is -4.38. The molecule has 1 saturated heterocycles. The van der Waals surface area contributed by atoms with Crippen LogP contribution in [0.3, 0.4) is 0 Å². The molecule has 1 aliphatic carbocycles. The first-order valence-corrected chi connectivity index (χ1v) is 18.9. The Morgan fingerprint density at radius 3 is 2.12 bits per heavy atom. The fourth-order valence-corrected chi connectivity index (χ4v) is 8.34. The van der Waals surface area contributed by atoms with Gasteiger partial charge in [0, 0.05) is 21.7 Å². The van der Waals surface area contributed by atoms with Gasteiger partial charge in [-0.2, -0.15) is 0 Å². The van der Waals surface area contributed by atoms with Crippen LogP contribution < -0.4 is 0 Å². The van der Waals surface area contributed by atoms with Crippen LogP contribution in [0, 0.1) is 0 Å². The molecule has 7 heteroatoms. The van der Waals surface area contributed by atoms with Gasteiger partial charge in [-0.25, -0.2) is 4.79 Å². The van der Waals surface area contributed by atoms with E-state index in [-0.39, 0.29) is 28.3 Å². The highest BCUT2D eigenvalue weighted by Gasteiger charge is 2.63. The molecule has 1 aromatic heterocycles. The van der Waals surface area contributed by atoms with Crippen LogP contribution in [0.1, 0.15) is 64.5 Å². The molecule has 3 atom stereocenters. The highest BCUT2D eigenvalue weighted by molar-refractivity contribution is 7.15. The van der Waals surface area contributed by atoms with Crippen LogP contribution in [0.4, 0.5) is 0 Å². The van der Waals surface area contributed by atoms with Gasteiger partial charge in [-0.05, 0) is 47.9 Å². The number of esters is 1. The Hall–Kier alpha value is -1.26. The molecule has 4 rings (SSSR count). The van der Waals surface area contributed by atoms with Crippen molar-refractivity contribution in [2.45, 2.75) is 102 Å². The highest BCUT2D eigenvalue weighted by Crippen LogP contribution is 2.58. The van der Waals surface area contributed by atoms with E-state index in [2.05, 4.69) is 98.1 Å². The minimum absolute atomic E-state index is 0.0208. The van der Waals surface area contributed by atoms with Crippen molar-refractivity contribution in [3.63, 3.8) is 0 Å². The zero-order valence-corrected chi connectivity index (χ0v) is 25.2. The van der Waals surface area contributed by atoms with E-state index in [9.17, 15) is 4.79 Å². The first kappa shape index (κ1) is 25.8. The van der Waals surface area contributed by atoms with Crippen molar-refractivity contribution in [3.8, 4) is 10.4 Å². The lowest BCUT2D eigenvalue weighted by Gasteiger charge is -2.45. The summed E-state index contributed by atoms with van der Waals surface area (Å²) in [4.78, 5) is 15.9. The van der Waals surface area contributed by atoms with Gasteiger partial charge in [-0.3, -0.25) is 0 Å². The number of carbonyl (C=O) groups is 1. The Bertz CT molecular complexity index is 1080. The van der Waals surface area contributed by atoms with Gasteiger partial charge in [0.15, 0.2) is 22.2 Å². The van der Waals surface area contributed by atoms with Crippen molar-refractivity contribution in [2.75, 3.05) is 0 Å². The molecule has 1 fully saturated rings. The van der Waals surface area contributed by atoms with E-state index in [0.717, 1.165) is 20.9 Å². The minimum Gasteiger partial charge on any atom is -0.457 e. The molecule has 4 nitrogen and oxygen atoms in total. The van der Waals surface area contributed by atoms with Gasteiger partial charge in [-0.15, -0.1) is 11.3 Å². The van der Waals surface area contributed by atoms with Crippen LogP contribution in [0.15, 0.2) is 36.4 Å². The van der Waals surface area contributed by atoms with E-state index in [4.69, 9.17) is 13.6 Å². The number of benzene rings is 1. The van der Waals surface area contributed by atoms with Crippen LogP contribution in [0.25, 0.3) is 10.4 Å². The predicted molar refractivity (Wildman–Crippen MR) is 145 cm³/mol. The molecule has 2 heterocycles. The first-order valence-electron chi connectivity index (χ1n) is 12.3. The van der Waals surface area contributed by atoms with Gasteiger partial charge in [0.05, 0.1) is 0 Å². The molecule has 2 bridgehead atoms. The second-order valence-corrected chi connectivity index (χ2v) is 23.5. The van der Waals surface area contributed by atoms with Gasteiger partial charge in [0.2, 0.25) is 0 Å². The Morgan fingerprint density at radius 1 is 0.971 bits per heavy atom. The van der Waals surface area contributed by atoms with E-state index < -0.39 is 22.2 Å². The monoisotopic (exact) mass is 516 g/mol. The maximum Gasteiger partial charge on any atom is 0.342 e. The standard InChI is InChI=1S/C27H40O4SSi2/c1-25(2,3)33(7,8)30-22-20-17-27(24(28)29-20,31-34(9,10)26(4,5)6)19-16-21(32-23(19)22)18-14-12-11-13-15-18/h11-16,20,22H,17H2,1-10H3/t20-,22+,27-/m1/s1. The van der Waals surface area contributed by atoms with Gasteiger partial charge in [0.25, 0.3) is 0 Å². The molecule has 2 aliphatic rings. The second kappa shape index (κ2) is 8.13. The lowest BCUT2D eigenvalue weighted by molar-refractivity contribution is -0.155. The summed E-state index contributed by atoms with van der Waals surface area (Å²) in [5.41, 5.74) is 1.07. The third-order valence-electron chi connectivity index (χ3n) is 8.39. The quantitative estimate of drug-likeness (QED) is 0.298. The number of hydrogen-bond donors (Lipinski definition) is 0. The molecule has 2 aromatic rings. The minimum atomic E-state index is -2.27. The first-order chi connectivity index (χ1) is 15.5. The third kappa shape index (κ3) is 4.17. The lowest BCUT2D eigenvalue weighted by Crippen LogP contribution is -2.52. The number of fused-ring (bicyclic) bond motifs is 4. The molecule has 0 saturated carbocycles. The Labute approximate surface area is 211 Å². The number of hydrogen-bond acceptors (Lipinski definition) is 5. The fourth-order valence-electron chi connectivity index (χ4n) is 4.23. The van der Waals surface area contributed by atoms with E-state index in [1.165, 1.54) is 0 Å². The Morgan fingerprint density at radius 2 is 1.56 bits per heavy atom. The highest BCUT2D eigenvalue weighted by atomic mass is 32.1. The average Bonchev–Trinajstić information content (AvgIpc) is 3.26. The number of ether oxygens (including phenoxy) is 1. The van der Waals surface area contributed by atoms with Crippen molar-refractivity contribution >= 4 is 33.9 Å². The van der Waals surface area contributed by atoms with Crippen LogP contribution in [0.5, 0.6) is 0 Å². The summed E-state index contributed by atoms with van der Waals surface area (Å²) in [6.07, 6.45) is -0.0441. The molecule has 186 valence electrons. The van der Waals surface area contributed by atoms with Crippen molar-refractivity contribution < 1.29 is 18.4 Å². The third-order valence-corrected chi connectivity index (χ3v) is 18.6. The van der Waals surface area contributed by atoms with E-state index in [1.54, 1.807) is 11.3 Å². The maximum atomic E-state index is 13.6. The number of rotatable bonds is 5. The summed E-state index contributed by atoms with van der Waals surface area (Å²) in [6, 6.07) is 12.6. The topological polar surface area (TPSA) is 44.8 Å². The van der Waals surface area contributed by atoms with Crippen LogP contribution >= 0.6 is 11.3 Å². The summed E-state index contributed by atoms with van der Waals surface area (Å²) < 4.78 is 20.0. The van der Waals surface area contributed by atoms with Crippen molar-refractivity contribution in [1.29, 1.82) is 0 Å². The van der Waals surface area contributed by atoms with Crippen LogP contribution in [-0.2, 0) is 24.0 Å². The zero-order valence-electron chi connectivity index (χ0n) is 22.4. The van der Waals surface area contributed by atoms with Crippen molar-refractivity contribution in [1.82, 2.24) is 0 Å². The molecule has 0 N–H and O–H groups in total. The SMILES string of the molecule is CC(C)(C)[Si](C)(C)O[C@@H]1c2sc(-c3ccccc3)cc2[C@]2(O[Si](C)(C)C(C)(C)C)C[C@H]1OC2=O. The normalized spacial score (nSPS) is 25.3. The average molecular weight is 517 g/mol. The fraction of sp³-hybridized carbons (Fsp3) is 0.593. The smallest absolute Gasteiger partial charge is 0.342 e. The molecule has 0 spiro atoms. The summed E-state index contributed by atoms with van der Waals surface area (Å²) in [5, 5.41) is 0.0362. The van der Waals surface area contributed by atoms with E-state index in [1.807, 2.05) is 6.07 Å². The summed E-state index contributed by atoms with van der Waals surface area (Å²) in [5.74, 6) is -0.248. The van der Waals surface area contributed by atoms with E-state index in [0.29, 0.717) is 6.42 Å². The Kier molecular flexibility index (Phi) is 6.18. The van der Waals surface area contributed by atoms with Crippen LogP contribution in [-0.4, -0.2) is 28.7 Å². The van der Waals surface area contributed by atoms with E-state index >= 15 is 0 Å². The van der Waals surface area contributed by atoms with Gasteiger partial charge in [0.1, 0.15) is 12.2 Å². The molecule has 1 aromatic carbocycles. The predicted octanol–water partition coefficient (Wildman–Crippen LogP) is 8.02. The molecule has 1 aliphatic heterocycles. The van der Waals surface area contributed by atoms with Crippen molar-refractivity contribution in [3.05, 3.63) is 46.8 Å². The second-order valence-electron chi connectivity index (χ2n) is 12.9. The maximum absolute atomic E-state index is 13.6. The van der Waals surface area contributed by atoms with Gasteiger partial charge in [-0.1, -0.05) is 71.9 Å². The molecule has 0 unspecified atom stereocenters. The molecule has 34 heavy (non-hydrogen) atoms.